The van der Waals surface area contributed by atoms with Gasteiger partial charge in [0.15, 0.2) is 12.3 Å². The lowest BCUT2D eigenvalue weighted by Gasteiger charge is -2.17. The molecule has 17 heteroatoms. The molecule has 0 saturated heterocycles. The van der Waals surface area contributed by atoms with E-state index in [-0.39, 0.29) is 28.2 Å². The second kappa shape index (κ2) is 9.07. The van der Waals surface area contributed by atoms with Crippen LogP contribution in [-0.2, 0) is 7.05 Å². The maximum absolute atomic E-state index is 13.9. The lowest BCUT2D eigenvalue weighted by atomic mass is 10.2. The number of rotatable bonds is 7. The van der Waals surface area contributed by atoms with Crippen LogP contribution < -0.4 is 20.7 Å². The Labute approximate surface area is 189 Å². The topological polar surface area (TPSA) is 154 Å². The normalized spacial score (nSPS) is 12.8. The van der Waals surface area contributed by atoms with Crippen molar-refractivity contribution in [1.29, 1.82) is 0 Å². The Hall–Kier alpha value is -4.44. The Morgan fingerprint density at radius 2 is 1.91 bits per heavy atom. The van der Waals surface area contributed by atoms with Gasteiger partial charge in [-0.25, -0.2) is 28.2 Å². The molecular formula is C18H13F5N8O4. The van der Waals surface area contributed by atoms with Gasteiger partial charge < -0.3 is 14.5 Å². The molecule has 4 rings (SSSR count). The number of halogens is 5. The number of ether oxygens (including phenoxy) is 2. The van der Waals surface area contributed by atoms with Crippen LogP contribution in [-0.4, -0.2) is 59.1 Å². The van der Waals surface area contributed by atoms with Crippen molar-refractivity contribution < 1.29 is 31.4 Å². The summed E-state index contributed by atoms with van der Waals surface area (Å²) >= 11 is 0. The zero-order valence-electron chi connectivity index (χ0n) is 17.4. The zero-order valence-corrected chi connectivity index (χ0v) is 17.4. The fourth-order valence-corrected chi connectivity index (χ4v) is 2.94. The van der Waals surface area contributed by atoms with Crippen LogP contribution in [0, 0.1) is 0 Å². The molecular weight excluding hydrogens is 487 g/mol. The molecule has 0 fully saturated rings. The minimum absolute atomic E-state index is 0.0219. The predicted octanol–water partition coefficient (Wildman–Crippen LogP) is 1.52. The van der Waals surface area contributed by atoms with Crippen molar-refractivity contribution in [3.63, 3.8) is 0 Å². The quantitative estimate of drug-likeness (QED) is 0.360. The van der Waals surface area contributed by atoms with Gasteiger partial charge in [-0.3, -0.25) is 9.78 Å². The molecule has 0 aliphatic rings. The molecule has 12 nitrogen and oxygen atoms in total. The fourth-order valence-electron chi connectivity index (χ4n) is 2.94. The third-order valence-electron chi connectivity index (χ3n) is 4.45. The molecule has 0 saturated carbocycles. The molecule has 0 bridgehead atoms. The van der Waals surface area contributed by atoms with Crippen LogP contribution in [0.3, 0.4) is 0 Å². The number of hydrogen-bond donors (Lipinski definition) is 2. The van der Waals surface area contributed by atoms with Crippen LogP contribution >= 0.6 is 0 Å². The van der Waals surface area contributed by atoms with E-state index in [1.54, 1.807) is 0 Å². The predicted molar refractivity (Wildman–Crippen MR) is 106 cm³/mol. The molecule has 0 aliphatic carbocycles. The number of alkyl halides is 5. The first-order valence-corrected chi connectivity index (χ1v) is 9.51. The van der Waals surface area contributed by atoms with Crippen molar-refractivity contribution in [3.05, 3.63) is 51.2 Å². The van der Waals surface area contributed by atoms with Gasteiger partial charge in [-0.05, 0) is 6.07 Å². The highest BCUT2D eigenvalue weighted by molar-refractivity contribution is 5.84. The van der Waals surface area contributed by atoms with Gasteiger partial charge in [0.25, 0.3) is 12.0 Å². The largest absolute Gasteiger partial charge is 0.468 e. The van der Waals surface area contributed by atoms with E-state index in [0.29, 0.717) is 0 Å². The van der Waals surface area contributed by atoms with Gasteiger partial charge in [0, 0.05) is 19.3 Å². The van der Waals surface area contributed by atoms with Crippen LogP contribution in [0.25, 0.3) is 22.3 Å². The number of nitrogens with zero attached hydrogens (tertiary/aromatic N) is 6. The van der Waals surface area contributed by atoms with Gasteiger partial charge in [-0.2, -0.15) is 13.2 Å². The van der Waals surface area contributed by atoms with Crippen LogP contribution in [0.1, 0.15) is 11.8 Å². The lowest BCUT2D eigenvalue weighted by molar-refractivity contribution is -0.154. The van der Waals surface area contributed by atoms with Gasteiger partial charge in [-0.1, -0.05) is 0 Å². The standard InChI is InChI=1S/C18H13F5N8O4/c1-31-14-7(2-9(28-29-14)8-4-24-17(33)27-15(8)32)16(30-31)35-12(13(19)20)10-3-11(26-6-25-10)34-5-18(21,22)23/h2-4,6,12-13H,5H2,1H3,(H2,24,27,32,33)/t12-/m1/s1. The van der Waals surface area contributed by atoms with Gasteiger partial charge in [0.2, 0.25) is 17.9 Å². The van der Waals surface area contributed by atoms with Gasteiger partial charge in [-0.15, -0.1) is 15.3 Å². The Balaban J connectivity index is 1.70. The van der Waals surface area contributed by atoms with Crippen molar-refractivity contribution >= 4 is 11.0 Å². The number of aromatic nitrogens is 8. The van der Waals surface area contributed by atoms with Crippen LogP contribution in [0.5, 0.6) is 11.8 Å². The second-order valence-electron chi connectivity index (χ2n) is 6.94. The highest BCUT2D eigenvalue weighted by Crippen LogP contribution is 2.32. The van der Waals surface area contributed by atoms with E-state index >= 15 is 0 Å². The number of aromatic amines is 2. The van der Waals surface area contributed by atoms with E-state index in [9.17, 15) is 31.5 Å². The zero-order chi connectivity index (χ0) is 25.3. The van der Waals surface area contributed by atoms with Crippen LogP contribution in [0.4, 0.5) is 22.0 Å². The summed E-state index contributed by atoms with van der Waals surface area (Å²) in [5, 5.41) is 11.9. The molecule has 0 aromatic carbocycles. The summed E-state index contributed by atoms with van der Waals surface area (Å²) in [5.74, 6) is -0.931. The maximum atomic E-state index is 13.9. The Morgan fingerprint density at radius 1 is 1.14 bits per heavy atom. The summed E-state index contributed by atoms with van der Waals surface area (Å²) in [6.07, 6.45) is -8.07. The summed E-state index contributed by atoms with van der Waals surface area (Å²) in [6, 6.07) is 2.08. The van der Waals surface area contributed by atoms with Crippen LogP contribution in [0.2, 0.25) is 0 Å². The van der Waals surface area contributed by atoms with E-state index < -0.39 is 48.1 Å². The monoisotopic (exact) mass is 500 g/mol. The molecule has 184 valence electrons. The number of aryl methyl sites for hydroxylation is 1. The Kier molecular flexibility index (Phi) is 6.14. The summed E-state index contributed by atoms with van der Waals surface area (Å²) in [6.45, 7) is -1.68. The SMILES string of the molecule is Cn1nc(O[C@H](c2cc(OCC(F)(F)F)ncn2)C(F)F)c2cc(-c3c[nH]c(=O)[nH]c3=O)nnc21. The summed E-state index contributed by atoms with van der Waals surface area (Å²) in [5.41, 5.74) is -1.97. The van der Waals surface area contributed by atoms with E-state index in [0.717, 1.165) is 18.6 Å². The molecule has 1 atom stereocenters. The minimum Gasteiger partial charge on any atom is -0.468 e. The summed E-state index contributed by atoms with van der Waals surface area (Å²) < 4.78 is 76.0. The number of nitrogens with one attached hydrogen (secondary N) is 2. The molecule has 4 aromatic rings. The van der Waals surface area contributed by atoms with E-state index in [4.69, 9.17) is 4.74 Å². The summed E-state index contributed by atoms with van der Waals surface area (Å²) in [7, 11) is 1.43. The first-order chi connectivity index (χ1) is 16.5. The average molecular weight is 500 g/mol. The van der Waals surface area contributed by atoms with E-state index in [1.807, 2.05) is 4.98 Å². The van der Waals surface area contributed by atoms with Crippen molar-refractivity contribution in [2.24, 2.45) is 7.05 Å². The smallest absolute Gasteiger partial charge is 0.422 e. The molecule has 0 aliphatic heterocycles. The highest BCUT2D eigenvalue weighted by Gasteiger charge is 2.31. The lowest BCUT2D eigenvalue weighted by Crippen LogP contribution is -2.22. The molecule has 2 N–H and O–H groups in total. The highest BCUT2D eigenvalue weighted by atomic mass is 19.4. The Bertz CT molecular complexity index is 1480. The number of fused-ring (bicyclic) bond motifs is 1. The molecule has 35 heavy (non-hydrogen) atoms. The average Bonchev–Trinajstić information content (AvgIpc) is 3.10. The van der Waals surface area contributed by atoms with Crippen molar-refractivity contribution in [1.82, 2.24) is 39.9 Å². The molecule has 0 unspecified atom stereocenters. The first kappa shape index (κ1) is 23.7. The molecule has 0 radical (unpaired) electrons. The molecule has 0 amide bonds. The third kappa shape index (κ3) is 5.22. The number of H-pyrrole nitrogens is 2. The Morgan fingerprint density at radius 3 is 2.60 bits per heavy atom. The fraction of sp³-hybridized carbons (Fsp3) is 0.278. The minimum atomic E-state index is -4.66. The second-order valence-corrected chi connectivity index (χ2v) is 6.94. The van der Waals surface area contributed by atoms with Gasteiger partial charge >= 0.3 is 11.9 Å². The third-order valence-corrected chi connectivity index (χ3v) is 4.45. The summed E-state index contributed by atoms with van der Waals surface area (Å²) in [4.78, 5) is 34.7. The van der Waals surface area contributed by atoms with Crippen molar-refractivity contribution in [2.75, 3.05) is 6.61 Å². The maximum Gasteiger partial charge on any atom is 0.422 e. The molecule has 4 heterocycles. The van der Waals surface area contributed by atoms with Crippen molar-refractivity contribution in [2.45, 2.75) is 18.7 Å². The first-order valence-electron chi connectivity index (χ1n) is 9.51. The molecule has 4 aromatic heterocycles. The number of hydrogen-bond acceptors (Lipinski definition) is 9. The van der Waals surface area contributed by atoms with E-state index in [1.165, 1.54) is 17.8 Å². The molecule has 0 spiro atoms. The van der Waals surface area contributed by atoms with E-state index in [2.05, 4.69) is 35.0 Å². The van der Waals surface area contributed by atoms with Crippen molar-refractivity contribution in [3.8, 4) is 23.0 Å². The van der Waals surface area contributed by atoms with Gasteiger partial charge in [0.1, 0.15) is 12.0 Å². The van der Waals surface area contributed by atoms with Gasteiger partial charge in [0.05, 0.1) is 16.6 Å². The van der Waals surface area contributed by atoms with Crippen LogP contribution in [0.15, 0.2) is 34.2 Å².